The van der Waals surface area contributed by atoms with Gasteiger partial charge in [-0.25, -0.2) is 8.42 Å². The van der Waals surface area contributed by atoms with Crippen molar-refractivity contribution in [2.45, 2.75) is 43.0 Å². The summed E-state index contributed by atoms with van der Waals surface area (Å²) in [5.74, 6) is -0.0515. The Kier molecular flexibility index (Phi) is 4.52. The highest BCUT2D eigenvalue weighted by Gasteiger charge is 2.45. The predicted molar refractivity (Wildman–Crippen MR) is 92.0 cm³/mol. The Labute approximate surface area is 142 Å². The lowest BCUT2D eigenvalue weighted by Gasteiger charge is -2.37. The number of benzene rings is 1. The van der Waals surface area contributed by atoms with Crippen LogP contribution in [-0.4, -0.2) is 42.8 Å². The lowest BCUT2D eigenvalue weighted by Crippen LogP contribution is -2.49. The van der Waals surface area contributed by atoms with Crippen molar-refractivity contribution in [1.29, 1.82) is 0 Å². The molecule has 0 aromatic heterocycles. The maximum Gasteiger partial charge on any atom is 0.247 e. The van der Waals surface area contributed by atoms with E-state index in [1.54, 1.807) is 18.2 Å². The molecule has 0 saturated carbocycles. The summed E-state index contributed by atoms with van der Waals surface area (Å²) in [6, 6.07) is 7.44. The summed E-state index contributed by atoms with van der Waals surface area (Å²) < 4.78 is 23.6. The largest absolute Gasteiger partial charge is 0.333 e. The first kappa shape index (κ1) is 16.5. The Hall–Kier alpha value is -1.33. The standard InChI is InChI=1S/C17H20ClNO3S/c1-23(21,22)15-10-13-7-8-14(11-15)19(13)17(20)9-6-12-4-2-3-5-16(12)18/h2-6,9,13-15H,7-8,10-11H2,1H3/b9-6+. The molecule has 6 heteroatoms. The van der Waals surface area contributed by atoms with E-state index in [1.807, 2.05) is 23.1 Å². The Balaban J connectivity index is 1.74. The van der Waals surface area contributed by atoms with Gasteiger partial charge in [-0.05, 0) is 43.4 Å². The number of hydrogen-bond acceptors (Lipinski definition) is 3. The second kappa shape index (κ2) is 6.29. The minimum Gasteiger partial charge on any atom is -0.333 e. The molecule has 1 aromatic carbocycles. The van der Waals surface area contributed by atoms with Crippen LogP contribution in [0.15, 0.2) is 30.3 Å². The molecule has 0 radical (unpaired) electrons. The molecule has 2 saturated heterocycles. The van der Waals surface area contributed by atoms with E-state index in [0.29, 0.717) is 17.9 Å². The zero-order valence-corrected chi connectivity index (χ0v) is 14.6. The molecule has 2 bridgehead atoms. The predicted octanol–water partition coefficient (Wildman–Crippen LogP) is 2.92. The summed E-state index contributed by atoms with van der Waals surface area (Å²) in [6.07, 6.45) is 7.47. The molecule has 2 atom stereocenters. The van der Waals surface area contributed by atoms with E-state index >= 15 is 0 Å². The van der Waals surface area contributed by atoms with E-state index in [0.717, 1.165) is 18.4 Å². The number of carbonyl (C=O) groups is 1. The van der Waals surface area contributed by atoms with E-state index in [2.05, 4.69) is 0 Å². The van der Waals surface area contributed by atoms with Gasteiger partial charge >= 0.3 is 0 Å². The monoisotopic (exact) mass is 353 g/mol. The topological polar surface area (TPSA) is 54.5 Å². The molecular weight excluding hydrogens is 334 g/mol. The third-order valence-electron chi connectivity index (χ3n) is 4.86. The summed E-state index contributed by atoms with van der Waals surface area (Å²) in [7, 11) is -3.04. The van der Waals surface area contributed by atoms with Crippen LogP contribution in [0.2, 0.25) is 5.02 Å². The number of halogens is 1. The first-order valence-corrected chi connectivity index (χ1v) is 10.1. The van der Waals surface area contributed by atoms with Crippen molar-refractivity contribution in [2.75, 3.05) is 6.26 Å². The third kappa shape index (κ3) is 3.45. The number of piperidine rings is 1. The normalized spacial score (nSPS) is 27.6. The molecule has 2 heterocycles. The van der Waals surface area contributed by atoms with Gasteiger partial charge in [0.05, 0.1) is 5.25 Å². The molecule has 4 nitrogen and oxygen atoms in total. The van der Waals surface area contributed by atoms with Gasteiger partial charge in [0.15, 0.2) is 0 Å². The smallest absolute Gasteiger partial charge is 0.247 e. The molecule has 0 N–H and O–H groups in total. The molecule has 0 aliphatic carbocycles. The first-order valence-electron chi connectivity index (χ1n) is 7.80. The van der Waals surface area contributed by atoms with Crippen molar-refractivity contribution < 1.29 is 13.2 Å². The fourth-order valence-electron chi connectivity index (χ4n) is 3.69. The molecule has 2 unspecified atom stereocenters. The van der Waals surface area contributed by atoms with Crippen LogP contribution in [0.25, 0.3) is 6.08 Å². The zero-order valence-electron chi connectivity index (χ0n) is 13.0. The van der Waals surface area contributed by atoms with Crippen molar-refractivity contribution >= 4 is 33.4 Å². The molecule has 2 aliphatic rings. The van der Waals surface area contributed by atoms with Crippen LogP contribution in [0.1, 0.15) is 31.2 Å². The van der Waals surface area contributed by atoms with Crippen LogP contribution in [0.4, 0.5) is 0 Å². The number of nitrogens with zero attached hydrogens (tertiary/aromatic N) is 1. The van der Waals surface area contributed by atoms with Crippen molar-refractivity contribution in [2.24, 2.45) is 0 Å². The van der Waals surface area contributed by atoms with Crippen LogP contribution < -0.4 is 0 Å². The van der Waals surface area contributed by atoms with Gasteiger partial charge in [0.1, 0.15) is 9.84 Å². The lowest BCUT2D eigenvalue weighted by atomic mass is 10.0. The molecule has 124 valence electrons. The number of sulfone groups is 1. The zero-order chi connectivity index (χ0) is 16.6. The number of rotatable bonds is 3. The van der Waals surface area contributed by atoms with Crippen LogP contribution in [-0.2, 0) is 14.6 Å². The number of hydrogen-bond donors (Lipinski definition) is 0. The van der Waals surface area contributed by atoms with Crippen LogP contribution in [0.3, 0.4) is 0 Å². The molecule has 3 rings (SSSR count). The van der Waals surface area contributed by atoms with Crippen LogP contribution in [0.5, 0.6) is 0 Å². The summed E-state index contributed by atoms with van der Waals surface area (Å²) >= 11 is 6.09. The molecule has 2 aliphatic heterocycles. The number of fused-ring (bicyclic) bond motifs is 2. The number of amides is 1. The lowest BCUT2D eigenvalue weighted by molar-refractivity contribution is -0.130. The fourth-order valence-corrected chi connectivity index (χ4v) is 5.04. The highest BCUT2D eigenvalue weighted by atomic mass is 35.5. The first-order chi connectivity index (χ1) is 10.9. The van der Waals surface area contributed by atoms with Gasteiger partial charge in [-0.1, -0.05) is 29.8 Å². The van der Waals surface area contributed by atoms with Crippen LogP contribution >= 0.6 is 11.6 Å². The van der Waals surface area contributed by atoms with Crippen molar-refractivity contribution in [3.63, 3.8) is 0 Å². The summed E-state index contributed by atoms with van der Waals surface area (Å²) in [6.45, 7) is 0. The highest BCUT2D eigenvalue weighted by molar-refractivity contribution is 7.91. The van der Waals surface area contributed by atoms with Gasteiger partial charge in [0, 0.05) is 29.4 Å². The molecule has 1 aromatic rings. The van der Waals surface area contributed by atoms with Gasteiger partial charge in [-0.15, -0.1) is 0 Å². The maximum absolute atomic E-state index is 12.5. The van der Waals surface area contributed by atoms with Gasteiger partial charge in [0.2, 0.25) is 5.91 Å². The van der Waals surface area contributed by atoms with E-state index < -0.39 is 9.84 Å². The van der Waals surface area contributed by atoms with Crippen LogP contribution in [0, 0.1) is 0 Å². The quantitative estimate of drug-likeness (QED) is 0.785. The second-order valence-electron chi connectivity index (χ2n) is 6.41. The van der Waals surface area contributed by atoms with Gasteiger partial charge in [-0.2, -0.15) is 0 Å². The molecule has 0 spiro atoms. The fraction of sp³-hybridized carbons (Fsp3) is 0.471. The number of carbonyl (C=O) groups excluding carboxylic acids is 1. The Morgan fingerprint density at radius 3 is 2.39 bits per heavy atom. The van der Waals surface area contributed by atoms with Gasteiger partial charge in [-0.3, -0.25) is 4.79 Å². The Bertz CT molecular complexity index is 730. The van der Waals surface area contributed by atoms with E-state index in [4.69, 9.17) is 11.6 Å². The minimum absolute atomic E-state index is 0.0388. The SMILES string of the molecule is CS(=O)(=O)C1CC2CCC(C1)N2C(=O)/C=C/c1ccccc1Cl. The second-order valence-corrected chi connectivity index (χ2v) is 9.14. The van der Waals surface area contributed by atoms with Crippen molar-refractivity contribution in [1.82, 2.24) is 4.90 Å². The summed E-state index contributed by atoms with van der Waals surface area (Å²) in [4.78, 5) is 14.4. The Morgan fingerprint density at radius 2 is 1.83 bits per heavy atom. The molecule has 1 amide bonds. The summed E-state index contributed by atoms with van der Waals surface area (Å²) in [5.41, 5.74) is 0.806. The average Bonchev–Trinajstić information content (AvgIpc) is 2.75. The van der Waals surface area contributed by atoms with Gasteiger partial charge in [0.25, 0.3) is 0 Å². The molecular formula is C17H20ClNO3S. The average molecular weight is 354 g/mol. The van der Waals surface area contributed by atoms with Gasteiger partial charge < -0.3 is 4.90 Å². The molecule has 2 fully saturated rings. The van der Waals surface area contributed by atoms with Crippen molar-refractivity contribution in [3.05, 3.63) is 40.9 Å². The third-order valence-corrected chi connectivity index (χ3v) is 6.80. The molecule has 23 heavy (non-hydrogen) atoms. The van der Waals surface area contributed by atoms with Crippen molar-refractivity contribution in [3.8, 4) is 0 Å². The highest BCUT2D eigenvalue weighted by Crippen LogP contribution is 2.38. The minimum atomic E-state index is -3.04. The maximum atomic E-state index is 12.5. The van der Waals surface area contributed by atoms with E-state index in [1.165, 1.54) is 6.26 Å². The van der Waals surface area contributed by atoms with E-state index in [-0.39, 0.29) is 23.2 Å². The van der Waals surface area contributed by atoms with E-state index in [9.17, 15) is 13.2 Å². The summed E-state index contributed by atoms with van der Waals surface area (Å²) in [5, 5.41) is 0.298. The Morgan fingerprint density at radius 1 is 1.22 bits per heavy atom.